The zero-order chi connectivity index (χ0) is 14.3. The lowest BCUT2D eigenvalue weighted by atomic mass is 10.1. The lowest BCUT2D eigenvalue weighted by molar-refractivity contribution is 0.0994. The number of carbonyl (C=O) groups is 1. The van der Waals surface area contributed by atoms with Gasteiger partial charge in [0.15, 0.2) is 6.04 Å². The number of nitriles is 1. The Hall–Kier alpha value is -2.02. The first-order valence-corrected chi connectivity index (χ1v) is 6.66. The number of fused-ring (bicyclic) bond motifs is 1. The highest BCUT2D eigenvalue weighted by molar-refractivity contribution is 6.42. The molecule has 3 nitrogen and oxygen atoms in total. The van der Waals surface area contributed by atoms with Crippen molar-refractivity contribution in [3.8, 4) is 6.07 Å². The van der Waals surface area contributed by atoms with Crippen LogP contribution in [0.25, 0.3) is 0 Å². The molecule has 3 rings (SSSR count). The maximum atomic E-state index is 12.5. The molecule has 1 heterocycles. The zero-order valence-electron chi connectivity index (χ0n) is 10.2. The summed E-state index contributed by atoms with van der Waals surface area (Å²) in [7, 11) is 0. The molecule has 1 atom stereocenters. The molecule has 0 N–H and O–H groups in total. The number of hydrogen-bond acceptors (Lipinski definition) is 2. The van der Waals surface area contributed by atoms with Gasteiger partial charge in [0.2, 0.25) is 0 Å². The van der Waals surface area contributed by atoms with Gasteiger partial charge in [-0.15, -0.1) is 0 Å². The number of halogens is 2. The smallest absolute Gasteiger partial charge is 0.260 e. The molecular formula is C15H8Cl2N2O. The summed E-state index contributed by atoms with van der Waals surface area (Å²) in [5.41, 5.74) is 1.82. The van der Waals surface area contributed by atoms with Gasteiger partial charge in [-0.2, -0.15) is 5.26 Å². The lowest BCUT2D eigenvalue weighted by Gasteiger charge is -2.20. The molecule has 0 spiro atoms. The summed E-state index contributed by atoms with van der Waals surface area (Å²) in [6.45, 7) is 0. The van der Waals surface area contributed by atoms with Crippen molar-refractivity contribution in [3.05, 3.63) is 63.6 Å². The van der Waals surface area contributed by atoms with Crippen LogP contribution in [0.1, 0.15) is 22.0 Å². The third-order valence-electron chi connectivity index (χ3n) is 3.27. The van der Waals surface area contributed by atoms with Gasteiger partial charge in [-0.1, -0.05) is 41.4 Å². The molecule has 0 fully saturated rings. The second kappa shape index (κ2) is 4.82. The molecule has 1 aliphatic rings. The number of rotatable bonds is 1. The van der Waals surface area contributed by atoms with Crippen LogP contribution in [0.4, 0.5) is 5.69 Å². The van der Waals surface area contributed by atoms with Crippen molar-refractivity contribution in [2.45, 2.75) is 6.04 Å². The average Bonchev–Trinajstić information content (AvgIpc) is 2.75. The van der Waals surface area contributed by atoms with E-state index in [1.54, 1.807) is 36.4 Å². The molecular weight excluding hydrogens is 295 g/mol. The highest BCUT2D eigenvalue weighted by Crippen LogP contribution is 2.38. The summed E-state index contributed by atoms with van der Waals surface area (Å²) in [6, 6.07) is 13.5. The summed E-state index contributed by atoms with van der Waals surface area (Å²) in [5, 5.41) is 10.1. The Morgan fingerprint density at radius 1 is 1.10 bits per heavy atom. The van der Waals surface area contributed by atoms with E-state index in [2.05, 4.69) is 6.07 Å². The first-order chi connectivity index (χ1) is 9.63. The molecule has 0 bridgehead atoms. The molecule has 98 valence electrons. The first kappa shape index (κ1) is 13.0. The SMILES string of the molecule is N#CC1c2ccccc2C(=O)N1c1ccc(Cl)c(Cl)c1. The van der Waals surface area contributed by atoms with E-state index in [0.717, 1.165) is 0 Å². The number of benzene rings is 2. The van der Waals surface area contributed by atoms with Crippen molar-refractivity contribution < 1.29 is 4.79 Å². The van der Waals surface area contributed by atoms with E-state index in [4.69, 9.17) is 23.2 Å². The lowest BCUT2D eigenvalue weighted by Crippen LogP contribution is -2.26. The third-order valence-corrected chi connectivity index (χ3v) is 4.01. The van der Waals surface area contributed by atoms with E-state index >= 15 is 0 Å². The predicted octanol–water partition coefficient (Wildman–Crippen LogP) is 4.22. The number of amides is 1. The van der Waals surface area contributed by atoms with E-state index in [9.17, 15) is 10.1 Å². The van der Waals surface area contributed by atoms with Crippen molar-refractivity contribution in [1.29, 1.82) is 5.26 Å². The third kappa shape index (κ3) is 1.85. The second-order valence-electron chi connectivity index (χ2n) is 4.39. The van der Waals surface area contributed by atoms with E-state index in [0.29, 0.717) is 26.9 Å². The Bertz CT molecular complexity index is 752. The van der Waals surface area contributed by atoms with Crippen LogP contribution in [0.5, 0.6) is 0 Å². The highest BCUT2D eigenvalue weighted by atomic mass is 35.5. The van der Waals surface area contributed by atoms with Crippen molar-refractivity contribution in [2.24, 2.45) is 0 Å². The molecule has 2 aromatic rings. The standard InChI is InChI=1S/C15H8Cl2N2O/c16-12-6-5-9(7-13(12)17)19-14(8-18)10-3-1-2-4-11(10)15(19)20/h1-7,14H. The largest absolute Gasteiger partial charge is 0.288 e. The Kier molecular flexibility index (Phi) is 3.13. The van der Waals surface area contributed by atoms with Gasteiger partial charge in [-0.25, -0.2) is 0 Å². The minimum absolute atomic E-state index is 0.203. The van der Waals surface area contributed by atoms with Crippen LogP contribution in [0.2, 0.25) is 10.0 Å². The fourth-order valence-electron chi connectivity index (χ4n) is 2.34. The molecule has 1 amide bonds. The molecule has 1 unspecified atom stereocenters. The van der Waals surface area contributed by atoms with Crippen LogP contribution < -0.4 is 4.90 Å². The quantitative estimate of drug-likeness (QED) is 0.791. The molecule has 5 heteroatoms. The van der Waals surface area contributed by atoms with Crippen molar-refractivity contribution >= 4 is 34.8 Å². The highest BCUT2D eigenvalue weighted by Gasteiger charge is 2.37. The van der Waals surface area contributed by atoms with Crippen LogP contribution in [0.15, 0.2) is 42.5 Å². The minimum Gasteiger partial charge on any atom is -0.288 e. The maximum absolute atomic E-state index is 12.5. The summed E-state index contributed by atoms with van der Waals surface area (Å²) >= 11 is 11.9. The van der Waals surface area contributed by atoms with Crippen LogP contribution in [-0.4, -0.2) is 5.91 Å². The average molecular weight is 303 g/mol. The van der Waals surface area contributed by atoms with Gasteiger partial charge >= 0.3 is 0 Å². The van der Waals surface area contributed by atoms with Gasteiger partial charge in [0.05, 0.1) is 16.1 Å². The zero-order valence-corrected chi connectivity index (χ0v) is 11.7. The van der Waals surface area contributed by atoms with E-state index in [1.807, 2.05) is 6.07 Å². The van der Waals surface area contributed by atoms with Crippen molar-refractivity contribution in [3.63, 3.8) is 0 Å². The summed E-state index contributed by atoms with van der Waals surface area (Å²) in [4.78, 5) is 13.9. The molecule has 0 saturated carbocycles. The van der Waals surface area contributed by atoms with E-state index in [-0.39, 0.29) is 5.91 Å². The molecule has 2 aromatic carbocycles. The molecule has 0 radical (unpaired) electrons. The number of nitrogens with zero attached hydrogens (tertiary/aromatic N) is 2. The summed E-state index contributed by atoms with van der Waals surface area (Å²) in [6.07, 6.45) is 0. The Morgan fingerprint density at radius 3 is 2.55 bits per heavy atom. The van der Waals surface area contributed by atoms with Gasteiger partial charge in [-0.05, 0) is 24.3 Å². The number of hydrogen-bond donors (Lipinski definition) is 0. The maximum Gasteiger partial charge on any atom is 0.260 e. The minimum atomic E-state index is -0.643. The molecule has 1 aliphatic heterocycles. The topological polar surface area (TPSA) is 44.1 Å². The van der Waals surface area contributed by atoms with Gasteiger partial charge < -0.3 is 0 Å². The second-order valence-corrected chi connectivity index (χ2v) is 5.21. The van der Waals surface area contributed by atoms with Crippen LogP contribution in [-0.2, 0) is 0 Å². The van der Waals surface area contributed by atoms with E-state index in [1.165, 1.54) is 4.90 Å². The molecule has 0 aliphatic carbocycles. The monoisotopic (exact) mass is 302 g/mol. The van der Waals surface area contributed by atoms with Gasteiger partial charge in [-0.3, -0.25) is 9.69 Å². The molecule has 0 saturated heterocycles. The van der Waals surface area contributed by atoms with Gasteiger partial charge in [0.25, 0.3) is 5.91 Å². The molecule has 20 heavy (non-hydrogen) atoms. The number of anilines is 1. The fourth-order valence-corrected chi connectivity index (χ4v) is 2.64. The Balaban J connectivity index is 2.13. The van der Waals surface area contributed by atoms with Gasteiger partial charge in [0.1, 0.15) is 0 Å². The predicted molar refractivity (Wildman–Crippen MR) is 78.1 cm³/mol. The Morgan fingerprint density at radius 2 is 1.85 bits per heavy atom. The summed E-state index contributed by atoms with van der Waals surface area (Å²) < 4.78 is 0. The van der Waals surface area contributed by atoms with Crippen molar-refractivity contribution in [1.82, 2.24) is 0 Å². The first-order valence-electron chi connectivity index (χ1n) is 5.90. The Labute approximate surface area is 125 Å². The number of carbonyl (C=O) groups excluding carboxylic acids is 1. The molecule has 0 aromatic heterocycles. The van der Waals surface area contributed by atoms with Gasteiger partial charge in [0, 0.05) is 16.8 Å². The van der Waals surface area contributed by atoms with Crippen LogP contribution >= 0.6 is 23.2 Å². The van der Waals surface area contributed by atoms with E-state index < -0.39 is 6.04 Å². The van der Waals surface area contributed by atoms with Crippen LogP contribution in [0.3, 0.4) is 0 Å². The summed E-state index contributed by atoms with van der Waals surface area (Å²) in [5.74, 6) is -0.203. The van der Waals surface area contributed by atoms with Crippen LogP contribution in [0, 0.1) is 11.3 Å². The fraction of sp³-hybridized carbons (Fsp3) is 0.0667. The normalized spacial score (nSPS) is 16.9. The van der Waals surface area contributed by atoms with Crippen molar-refractivity contribution in [2.75, 3.05) is 4.90 Å².